The van der Waals surface area contributed by atoms with E-state index in [1.165, 1.54) is 10.4 Å². The SMILES string of the molecule is CNc1ccc2[nH]c(-c3sccc3C)nc2n1. The Morgan fingerprint density at radius 3 is 2.82 bits per heavy atom. The van der Waals surface area contributed by atoms with Crippen molar-refractivity contribution >= 4 is 28.3 Å². The highest BCUT2D eigenvalue weighted by Crippen LogP contribution is 2.28. The number of nitrogens with one attached hydrogen (secondary N) is 2. The summed E-state index contributed by atoms with van der Waals surface area (Å²) in [5.74, 6) is 1.73. The minimum Gasteiger partial charge on any atom is -0.373 e. The molecule has 3 rings (SSSR count). The van der Waals surface area contributed by atoms with Crippen LogP contribution in [0.1, 0.15) is 5.56 Å². The standard InChI is InChI=1S/C12H12N4S/c1-7-5-6-17-10(7)12-14-8-3-4-9(13-2)15-11(8)16-12/h3-6H,1-2H3,(H2,13,14,15,16). The van der Waals surface area contributed by atoms with Crippen LogP contribution < -0.4 is 5.32 Å². The van der Waals surface area contributed by atoms with Crippen molar-refractivity contribution in [2.75, 3.05) is 12.4 Å². The highest BCUT2D eigenvalue weighted by molar-refractivity contribution is 7.13. The number of rotatable bonds is 2. The molecule has 0 saturated heterocycles. The molecule has 5 heteroatoms. The van der Waals surface area contributed by atoms with Gasteiger partial charge >= 0.3 is 0 Å². The van der Waals surface area contributed by atoms with Crippen molar-refractivity contribution in [3.63, 3.8) is 0 Å². The normalized spacial score (nSPS) is 10.9. The van der Waals surface area contributed by atoms with E-state index in [1.807, 2.05) is 19.2 Å². The number of H-pyrrole nitrogens is 1. The molecule has 0 aliphatic rings. The van der Waals surface area contributed by atoms with Crippen molar-refractivity contribution in [2.45, 2.75) is 6.92 Å². The van der Waals surface area contributed by atoms with Crippen LogP contribution in [0.15, 0.2) is 23.6 Å². The summed E-state index contributed by atoms with van der Waals surface area (Å²) >= 11 is 1.69. The highest BCUT2D eigenvalue weighted by atomic mass is 32.1. The van der Waals surface area contributed by atoms with Gasteiger partial charge in [0.1, 0.15) is 5.82 Å². The first kappa shape index (κ1) is 10.3. The van der Waals surface area contributed by atoms with Crippen molar-refractivity contribution in [2.24, 2.45) is 0 Å². The van der Waals surface area contributed by atoms with Crippen LogP contribution in [0.4, 0.5) is 5.82 Å². The van der Waals surface area contributed by atoms with Crippen molar-refractivity contribution in [1.82, 2.24) is 15.0 Å². The number of hydrogen-bond donors (Lipinski definition) is 2. The number of fused-ring (bicyclic) bond motifs is 1. The molecule has 0 radical (unpaired) electrons. The lowest BCUT2D eigenvalue weighted by molar-refractivity contribution is 1.29. The van der Waals surface area contributed by atoms with Gasteiger partial charge in [-0.25, -0.2) is 9.97 Å². The van der Waals surface area contributed by atoms with E-state index in [2.05, 4.69) is 38.6 Å². The predicted octanol–water partition coefficient (Wildman–Crippen LogP) is 3.04. The lowest BCUT2D eigenvalue weighted by Gasteiger charge is -1.95. The van der Waals surface area contributed by atoms with Crippen LogP contribution >= 0.6 is 11.3 Å². The molecule has 0 spiro atoms. The second-order valence-electron chi connectivity index (χ2n) is 3.84. The summed E-state index contributed by atoms with van der Waals surface area (Å²) in [6.45, 7) is 2.09. The van der Waals surface area contributed by atoms with Crippen LogP contribution in [0.2, 0.25) is 0 Å². The summed E-state index contributed by atoms with van der Waals surface area (Å²) in [4.78, 5) is 13.4. The fourth-order valence-electron chi connectivity index (χ4n) is 1.75. The molecule has 3 heterocycles. The summed E-state index contributed by atoms with van der Waals surface area (Å²) in [5.41, 5.74) is 2.95. The second-order valence-corrected chi connectivity index (χ2v) is 4.75. The molecular weight excluding hydrogens is 232 g/mol. The van der Waals surface area contributed by atoms with Gasteiger partial charge < -0.3 is 10.3 Å². The predicted molar refractivity (Wildman–Crippen MR) is 71.5 cm³/mol. The molecule has 0 fully saturated rings. The molecule has 0 aliphatic heterocycles. The Bertz CT molecular complexity index is 668. The molecule has 3 aromatic rings. The summed E-state index contributed by atoms with van der Waals surface area (Å²) in [7, 11) is 1.85. The van der Waals surface area contributed by atoms with Crippen molar-refractivity contribution in [3.05, 3.63) is 29.1 Å². The lowest BCUT2D eigenvalue weighted by Crippen LogP contribution is -1.91. The molecule has 0 aliphatic carbocycles. The summed E-state index contributed by atoms with van der Waals surface area (Å²) in [6.07, 6.45) is 0. The number of hydrogen-bond acceptors (Lipinski definition) is 4. The van der Waals surface area contributed by atoms with Gasteiger partial charge in [-0.05, 0) is 36.1 Å². The molecule has 0 aromatic carbocycles. The van der Waals surface area contributed by atoms with E-state index in [1.54, 1.807) is 11.3 Å². The van der Waals surface area contributed by atoms with Gasteiger partial charge in [0.15, 0.2) is 11.5 Å². The van der Waals surface area contributed by atoms with Crippen molar-refractivity contribution in [1.29, 1.82) is 0 Å². The maximum Gasteiger partial charge on any atom is 0.180 e. The second kappa shape index (κ2) is 3.85. The van der Waals surface area contributed by atoms with Gasteiger partial charge in [-0.3, -0.25) is 0 Å². The third-order valence-corrected chi connectivity index (χ3v) is 3.70. The molecule has 0 saturated carbocycles. The summed E-state index contributed by atoms with van der Waals surface area (Å²) in [6, 6.07) is 6.03. The number of aromatic nitrogens is 3. The highest BCUT2D eigenvalue weighted by Gasteiger charge is 2.09. The molecule has 86 valence electrons. The average Bonchev–Trinajstić information content (AvgIpc) is 2.93. The maximum atomic E-state index is 4.53. The smallest absolute Gasteiger partial charge is 0.180 e. The first-order valence-electron chi connectivity index (χ1n) is 5.37. The summed E-state index contributed by atoms with van der Waals surface area (Å²) in [5, 5.41) is 5.09. The van der Waals surface area contributed by atoms with Crippen LogP contribution in [0.25, 0.3) is 21.9 Å². The fourth-order valence-corrected chi connectivity index (χ4v) is 2.63. The van der Waals surface area contributed by atoms with E-state index in [-0.39, 0.29) is 0 Å². The van der Waals surface area contributed by atoms with Crippen LogP contribution in [0.5, 0.6) is 0 Å². The monoisotopic (exact) mass is 244 g/mol. The van der Waals surface area contributed by atoms with Gasteiger partial charge in [0, 0.05) is 7.05 Å². The number of aromatic amines is 1. The Kier molecular flexibility index (Phi) is 2.33. The molecule has 0 bridgehead atoms. The molecule has 0 atom stereocenters. The van der Waals surface area contributed by atoms with Gasteiger partial charge in [-0.15, -0.1) is 11.3 Å². The van der Waals surface area contributed by atoms with Crippen LogP contribution in [0.3, 0.4) is 0 Å². The molecule has 3 aromatic heterocycles. The first-order chi connectivity index (χ1) is 8.28. The van der Waals surface area contributed by atoms with E-state index < -0.39 is 0 Å². The molecule has 4 nitrogen and oxygen atoms in total. The zero-order chi connectivity index (χ0) is 11.8. The van der Waals surface area contributed by atoms with E-state index in [4.69, 9.17) is 0 Å². The van der Waals surface area contributed by atoms with Gasteiger partial charge in [0.05, 0.1) is 10.4 Å². The van der Waals surface area contributed by atoms with Gasteiger partial charge in [-0.2, -0.15) is 0 Å². The zero-order valence-corrected chi connectivity index (χ0v) is 10.4. The number of pyridine rings is 1. The molecule has 2 N–H and O–H groups in total. The quantitative estimate of drug-likeness (QED) is 0.728. The third-order valence-electron chi connectivity index (χ3n) is 2.68. The van der Waals surface area contributed by atoms with Crippen molar-refractivity contribution in [3.8, 4) is 10.7 Å². The largest absolute Gasteiger partial charge is 0.373 e. The Hall–Kier alpha value is -1.88. The van der Waals surface area contributed by atoms with Crippen molar-refractivity contribution < 1.29 is 0 Å². The Balaban J connectivity index is 2.17. The van der Waals surface area contributed by atoms with Crippen LogP contribution in [0, 0.1) is 6.92 Å². The zero-order valence-electron chi connectivity index (χ0n) is 9.61. The third kappa shape index (κ3) is 1.68. The fraction of sp³-hybridized carbons (Fsp3) is 0.167. The summed E-state index contributed by atoms with van der Waals surface area (Å²) < 4.78 is 0. The molecular formula is C12H12N4S. The van der Waals surface area contributed by atoms with Crippen LogP contribution in [-0.4, -0.2) is 22.0 Å². The molecule has 0 unspecified atom stereocenters. The minimum absolute atomic E-state index is 0.750. The van der Waals surface area contributed by atoms with Gasteiger partial charge in [0.25, 0.3) is 0 Å². The first-order valence-corrected chi connectivity index (χ1v) is 6.25. The maximum absolute atomic E-state index is 4.53. The number of nitrogens with zero attached hydrogens (tertiary/aromatic N) is 2. The van der Waals surface area contributed by atoms with Crippen LogP contribution in [-0.2, 0) is 0 Å². The molecule has 17 heavy (non-hydrogen) atoms. The number of aryl methyl sites for hydroxylation is 1. The topological polar surface area (TPSA) is 53.6 Å². The lowest BCUT2D eigenvalue weighted by atomic mass is 10.3. The Morgan fingerprint density at radius 1 is 1.24 bits per heavy atom. The van der Waals surface area contributed by atoms with E-state index in [9.17, 15) is 0 Å². The average molecular weight is 244 g/mol. The van der Waals surface area contributed by atoms with E-state index in [0.717, 1.165) is 22.8 Å². The van der Waals surface area contributed by atoms with Gasteiger partial charge in [-0.1, -0.05) is 0 Å². The Labute approximate surface area is 103 Å². The minimum atomic E-state index is 0.750. The van der Waals surface area contributed by atoms with E-state index >= 15 is 0 Å². The molecule has 0 amide bonds. The van der Waals surface area contributed by atoms with Gasteiger partial charge in [0.2, 0.25) is 0 Å². The number of imidazole rings is 1. The Morgan fingerprint density at radius 2 is 2.12 bits per heavy atom. The van der Waals surface area contributed by atoms with E-state index in [0.29, 0.717) is 0 Å². The number of anilines is 1. The number of thiophene rings is 1.